The van der Waals surface area contributed by atoms with Gasteiger partial charge in [-0.3, -0.25) is 4.79 Å². The Hall–Kier alpha value is -1.59. The van der Waals surface area contributed by atoms with Gasteiger partial charge in [0.2, 0.25) is 0 Å². The summed E-state index contributed by atoms with van der Waals surface area (Å²) in [4.78, 5) is 16.7. The summed E-state index contributed by atoms with van der Waals surface area (Å²) in [6, 6.07) is 7.38. The molecule has 0 aliphatic carbocycles. The monoisotopic (exact) mass is 263 g/mol. The molecule has 1 atom stereocenters. The van der Waals surface area contributed by atoms with Crippen LogP contribution in [0, 0.1) is 0 Å². The molecule has 1 saturated heterocycles. The molecule has 1 aromatic rings. The molecule has 0 spiro atoms. The van der Waals surface area contributed by atoms with Crippen molar-refractivity contribution in [2.24, 2.45) is 5.73 Å². The predicted octanol–water partition coefficient (Wildman–Crippen LogP) is 0.410. The quantitative estimate of drug-likeness (QED) is 0.858. The van der Waals surface area contributed by atoms with Crippen LogP contribution in [0.15, 0.2) is 24.3 Å². The third-order valence-electron chi connectivity index (χ3n) is 3.56. The van der Waals surface area contributed by atoms with E-state index in [4.69, 9.17) is 10.5 Å². The first-order valence-corrected chi connectivity index (χ1v) is 6.50. The van der Waals surface area contributed by atoms with E-state index in [0.717, 1.165) is 13.1 Å². The van der Waals surface area contributed by atoms with Gasteiger partial charge in [-0.1, -0.05) is 12.1 Å². The molecule has 0 aromatic heterocycles. The van der Waals surface area contributed by atoms with Gasteiger partial charge in [0.05, 0.1) is 18.7 Å². The van der Waals surface area contributed by atoms with E-state index in [9.17, 15) is 4.79 Å². The summed E-state index contributed by atoms with van der Waals surface area (Å²) in [5.74, 6) is 0.614. The smallest absolute Gasteiger partial charge is 0.258 e. The molecule has 104 valence electrons. The van der Waals surface area contributed by atoms with Crippen LogP contribution >= 0.6 is 0 Å². The molecule has 1 aromatic carbocycles. The summed E-state index contributed by atoms with van der Waals surface area (Å²) >= 11 is 0. The van der Waals surface area contributed by atoms with Crippen molar-refractivity contribution in [1.29, 1.82) is 0 Å². The summed E-state index contributed by atoms with van der Waals surface area (Å²) in [5.41, 5.74) is 6.40. The minimum atomic E-state index is 0.000926. The van der Waals surface area contributed by atoms with Gasteiger partial charge in [0.15, 0.2) is 0 Å². The van der Waals surface area contributed by atoms with Crippen LogP contribution < -0.4 is 10.5 Å². The summed E-state index contributed by atoms with van der Waals surface area (Å²) in [7, 11) is 3.63. The van der Waals surface area contributed by atoms with Crippen LogP contribution in [0.1, 0.15) is 10.4 Å². The molecule has 2 N–H and O–H groups in total. The normalized spacial score (nSPS) is 20.4. The average Bonchev–Trinajstić information content (AvgIpc) is 2.46. The highest BCUT2D eigenvalue weighted by Gasteiger charge is 2.29. The molecular formula is C14H21N3O2. The van der Waals surface area contributed by atoms with Crippen molar-refractivity contribution >= 4 is 5.91 Å². The Morgan fingerprint density at radius 2 is 2.16 bits per heavy atom. The number of amides is 1. The number of hydrogen-bond donors (Lipinski definition) is 1. The first-order chi connectivity index (χ1) is 9.17. The van der Waals surface area contributed by atoms with E-state index in [1.54, 1.807) is 19.2 Å². The Morgan fingerprint density at radius 1 is 1.42 bits per heavy atom. The molecular weight excluding hydrogens is 242 g/mol. The zero-order valence-corrected chi connectivity index (χ0v) is 11.5. The zero-order chi connectivity index (χ0) is 13.8. The molecule has 0 bridgehead atoms. The minimum absolute atomic E-state index is 0.000926. The molecule has 5 nitrogen and oxygen atoms in total. The number of hydrogen-bond acceptors (Lipinski definition) is 4. The lowest BCUT2D eigenvalue weighted by Gasteiger charge is -2.39. The van der Waals surface area contributed by atoms with Gasteiger partial charge in [0, 0.05) is 26.2 Å². The molecule has 0 radical (unpaired) electrons. The number of para-hydroxylation sites is 1. The van der Waals surface area contributed by atoms with Crippen LogP contribution in [-0.4, -0.2) is 62.1 Å². The van der Waals surface area contributed by atoms with Crippen LogP contribution in [-0.2, 0) is 0 Å². The van der Waals surface area contributed by atoms with Crippen LogP contribution in [0.25, 0.3) is 0 Å². The molecule has 0 saturated carbocycles. The number of benzene rings is 1. The van der Waals surface area contributed by atoms with Gasteiger partial charge in [0.1, 0.15) is 5.75 Å². The first kappa shape index (κ1) is 13.8. The Bertz CT molecular complexity index is 450. The van der Waals surface area contributed by atoms with Crippen LogP contribution in [0.2, 0.25) is 0 Å². The first-order valence-electron chi connectivity index (χ1n) is 6.50. The second kappa shape index (κ2) is 6.04. The number of likely N-dealkylation sites (N-methyl/N-ethyl adjacent to an activating group) is 1. The Kier molecular flexibility index (Phi) is 4.39. The fourth-order valence-electron chi connectivity index (χ4n) is 2.46. The molecule has 19 heavy (non-hydrogen) atoms. The topological polar surface area (TPSA) is 58.8 Å². The number of rotatable bonds is 3. The SMILES string of the molecule is COc1ccccc1C(=O)N1CCN(C)CC1CN. The van der Waals surface area contributed by atoms with E-state index in [2.05, 4.69) is 4.90 Å². The number of nitrogens with zero attached hydrogens (tertiary/aromatic N) is 2. The molecule has 2 rings (SSSR count). The number of piperazine rings is 1. The number of methoxy groups -OCH3 is 1. The highest BCUT2D eigenvalue weighted by molar-refractivity contribution is 5.97. The van der Waals surface area contributed by atoms with E-state index < -0.39 is 0 Å². The van der Waals surface area contributed by atoms with Crippen molar-refractivity contribution in [2.75, 3.05) is 40.3 Å². The summed E-state index contributed by atoms with van der Waals surface area (Å²) in [6.07, 6.45) is 0. The molecule has 1 fully saturated rings. The maximum Gasteiger partial charge on any atom is 0.258 e. The second-order valence-electron chi connectivity index (χ2n) is 4.85. The third-order valence-corrected chi connectivity index (χ3v) is 3.56. The standard InChI is InChI=1S/C14H21N3O2/c1-16-7-8-17(11(9-15)10-16)14(18)12-5-3-4-6-13(12)19-2/h3-6,11H,7-10,15H2,1-2H3. The number of carbonyl (C=O) groups excluding carboxylic acids is 1. The summed E-state index contributed by atoms with van der Waals surface area (Å²) in [6.45, 7) is 2.87. The highest BCUT2D eigenvalue weighted by atomic mass is 16.5. The minimum Gasteiger partial charge on any atom is -0.496 e. The van der Waals surface area contributed by atoms with Crippen molar-refractivity contribution < 1.29 is 9.53 Å². The summed E-state index contributed by atoms with van der Waals surface area (Å²) < 4.78 is 5.26. The van der Waals surface area contributed by atoms with Crippen LogP contribution in [0.5, 0.6) is 5.75 Å². The lowest BCUT2D eigenvalue weighted by Crippen LogP contribution is -2.56. The molecule has 1 aliphatic heterocycles. The van der Waals surface area contributed by atoms with Gasteiger partial charge in [-0.05, 0) is 19.2 Å². The Balaban J connectivity index is 2.22. The number of ether oxygens (including phenoxy) is 1. The van der Waals surface area contributed by atoms with Gasteiger partial charge < -0.3 is 20.3 Å². The third kappa shape index (κ3) is 2.88. The number of carbonyl (C=O) groups is 1. The molecule has 1 amide bonds. The molecule has 1 aliphatic rings. The van der Waals surface area contributed by atoms with Gasteiger partial charge in [0.25, 0.3) is 5.91 Å². The molecule has 5 heteroatoms. The Labute approximate surface area is 113 Å². The van der Waals surface area contributed by atoms with E-state index in [0.29, 0.717) is 24.4 Å². The van der Waals surface area contributed by atoms with Gasteiger partial charge in [-0.2, -0.15) is 0 Å². The van der Waals surface area contributed by atoms with Crippen molar-refractivity contribution in [2.45, 2.75) is 6.04 Å². The molecule has 1 unspecified atom stereocenters. The summed E-state index contributed by atoms with van der Waals surface area (Å²) in [5, 5.41) is 0. The van der Waals surface area contributed by atoms with E-state index in [1.807, 2.05) is 24.1 Å². The highest BCUT2D eigenvalue weighted by Crippen LogP contribution is 2.21. The Morgan fingerprint density at radius 3 is 2.84 bits per heavy atom. The second-order valence-corrected chi connectivity index (χ2v) is 4.85. The van der Waals surface area contributed by atoms with E-state index >= 15 is 0 Å². The van der Waals surface area contributed by atoms with Gasteiger partial charge in [-0.25, -0.2) is 0 Å². The predicted molar refractivity (Wildman–Crippen MR) is 74.4 cm³/mol. The van der Waals surface area contributed by atoms with E-state index in [1.165, 1.54) is 0 Å². The maximum atomic E-state index is 12.6. The van der Waals surface area contributed by atoms with Crippen LogP contribution in [0.4, 0.5) is 0 Å². The fraction of sp³-hybridized carbons (Fsp3) is 0.500. The van der Waals surface area contributed by atoms with Crippen molar-refractivity contribution in [1.82, 2.24) is 9.80 Å². The zero-order valence-electron chi connectivity index (χ0n) is 11.5. The fourth-order valence-corrected chi connectivity index (χ4v) is 2.46. The van der Waals surface area contributed by atoms with E-state index in [-0.39, 0.29) is 11.9 Å². The lowest BCUT2D eigenvalue weighted by atomic mass is 10.1. The van der Waals surface area contributed by atoms with Crippen molar-refractivity contribution in [3.8, 4) is 5.75 Å². The van der Waals surface area contributed by atoms with Crippen molar-refractivity contribution in [3.63, 3.8) is 0 Å². The largest absolute Gasteiger partial charge is 0.496 e. The number of nitrogens with two attached hydrogens (primary N) is 1. The average molecular weight is 263 g/mol. The lowest BCUT2D eigenvalue weighted by molar-refractivity contribution is 0.0513. The van der Waals surface area contributed by atoms with Crippen LogP contribution in [0.3, 0.4) is 0 Å². The van der Waals surface area contributed by atoms with Crippen molar-refractivity contribution in [3.05, 3.63) is 29.8 Å². The maximum absolute atomic E-state index is 12.6. The van der Waals surface area contributed by atoms with Gasteiger partial charge in [-0.15, -0.1) is 0 Å². The van der Waals surface area contributed by atoms with Gasteiger partial charge >= 0.3 is 0 Å². The molecule has 1 heterocycles.